The molecule has 1 aliphatic heterocycles. The molecule has 0 spiro atoms. The first kappa shape index (κ1) is 12.8. The number of nitrogen functional groups attached to an aromatic ring is 1. The van der Waals surface area contributed by atoms with Crippen LogP contribution >= 0.6 is 0 Å². The highest BCUT2D eigenvalue weighted by Crippen LogP contribution is 2.16. The SMILES string of the molecule is CN(CC1CCOCC1)C(=O)c1cnc(N)cn1. The molecule has 0 atom stereocenters. The smallest absolute Gasteiger partial charge is 0.273 e. The lowest BCUT2D eigenvalue weighted by atomic mass is 10.00. The second-order valence-electron chi connectivity index (χ2n) is 4.57. The fourth-order valence-corrected chi connectivity index (χ4v) is 2.04. The molecule has 1 aliphatic rings. The zero-order valence-electron chi connectivity index (χ0n) is 10.5. The summed E-state index contributed by atoms with van der Waals surface area (Å²) in [5, 5.41) is 0. The van der Waals surface area contributed by atoms with Crippen LogP contribution in [0.3, 0.4) is 0 Å². The molecule has 2 heterocycles. The Labute approximate surface area is 106 Å². The van der Waals surface area contributed by atoms with Crippen LogP contribution in [0.2, 0.25) is 0 Å². The normalized spacial score (nSPS) is 16.5. The molecule has 0 radical (unpaired) electrons. The molecule has 1 amide bonds. The molecule has 6 heteroatoms. The van der Waals surface area contributed by atoms with Gasteiger partial charge in [-0.05, 0) is 18.8 Å². The van der Waals surface area contributed by atoms with Crippen LogP contribution in [0.15, 0.2) is 12.4 Å². The number of hydrogen-bond acceptors (Lipinski definition) is 5. The van der Waals surface area contributed by atoms with Crippen molar-refractivity contribution in [3.63, 3.8) is 0 Å². The summed E-state index contributed by atoms with van der Waals surface area (Å²) < 4.78 is 5.30. The van der Waals surface area contributed by atoms with Crippen LogP contribution in [-0.2, 0) is 4.74 Å². The molecule has 2 N–H and O–H groups in total. The molecule has 0 aromatic carbocycles. The van der Waals surface area contributed by atoms with E-state index >= 15 is 0 Å². The minimum absolute atomic E-state index is 0.117. The molecule has 0 bridgehead atoms. The van der Waals surface area contributed by atoms with E-state index in [-0.39, 0.29) is 5.91 Å². The molecule has 1 aromatic rings. The number of carbonyl (C=O) groups is 1. The highest BCUT2D eigenvalue weighted by atomic mass is 16.5. The van der Waals surface area contributed by atoms with Gasteiger partial charge in [-0.25, -0.2) is 9.97 Å². The Morgan fingerprint density at radius 1 is 1.44 bits per heavy atom. The zero-order chi connectivity index (χ0) is 13.0. The minimum atomic E-state index is -0.117. The molecular formula is C12H18N4O2. The van der Waals surface area contributed by atoms with E-state index in [0.717, 1.165) is 32.6 Å². The number of amides is 1. The summed E-state index contributed by atoms with van der Waals surface area (Å²) in [6.07, 6.45) is 4.82. The second kappa shape index (κ2) is 5.77. The highest BCUT2D eigenvalue weighted by molar-refractivity contribution is 5.91. The molecule has 0 saturated carbocycles. The van der Waals surface area contributed by atoms with Crippen molar-refractivity contribution in [2.24, 2.45) is 5.92 Å². The fraction of sp³-hybridized carbons (Fsp3) is 0.583. The van der Waals surface area contributed by atoms with Gasteiger partial charge in [-0.3, -0.25) is 4.79 Å². The third-order valence-corrected chi connectivity index (χ3v) is 3.11. The van der Waals surface area contributed by atoms with E-state index in [1.54, 1.807) is 11.9 Å². The van der Waals surface area contributed by atoms with Crippen LogP contribution in [0.25, 0.3) is 0 Å². The van der Waals surface area contributed by atoms with Crippen LogP contribution in [-0.4, -0.2) is 47.6 Å². The molecule has 98 valence electrons. The van der Waals surface area contributed by atoms with Gasteiger partial charge in [0.25, 0.3) is 5.91 Å². The maximum absolute atomic E-state index is 12.1. The van der Waals surface area contributed by atoms with Crippen LogP contribution in [0.4, 0.5) is 5.82 Å². The number of carbonyl (C=O) groups excluding carboxylic acids is 1. The van der Waals surface area contributed by atoms with E-state index in [9.17, 15) is 4.79 Å². The molecular weight excluding hydrogens is 232 g/mol. The first-order valence-electron chi connectivity index (χ1n) is 6.07. The maximum atomic E-state index is 12.1. The van der Waals surface area contributed by atoms with Gasteiger partial charge >= 0.3 is 0 Å². The number of nitrogens with zero attached hydrogens (tertiary/aromatic N) is 3. The molecule has 1 fully saturated rings. The van der Waals surface area contributed by atoms with Crippen molar-refractivity contribution in [1.29, 1.82) is 0 Å². The van der Waals surface area contributed by atoms with Crippen molar-refractivity contribution in [3.8, 4) is 0 Å². The van der Waals surface area contributed by atoms with Gasteiger partial charge in [0.2, 0.25) is 0 Å². The van der Waals surface area contributed by atoms with Crippen LogP contribution < -0.4 is 5.73 Å². The van der Waals surface area contributed by atoms with Gasteiger partial charge in [-0.2, -0.15) is 0 Å². The van der Waals surface area contributed by atoms with Gasteiger partial charge in [0.15, 0.2) is 0 Å². The quantitative estimate of drug-likeness (QED) is 0.847. The summed E-state index contributed by atoms with van der Waals surface area (Å²) in [6.45, 7) is 2.30. The minimum Gasteiger partial charge on any atom is -0.382 e. The Balaban J connectivity index is 1.93. The van der Waals surface area contributed by atoms with Crippen LogP contribution in [0, 0.1) is 5.92 Å². The summed E-state index contributed by atoms with van der Waals surface area (Å²) in [7, 11) is 1.79. The zero-order valence-corrected chi connectivity index (χ0v) is 10.5. The maximum Gasteiger partial charge on any atom is 0.273 e. The number of ether oxygens (including phenoxy) is 1. The van der Waals surface area contributed by atoms with E-state index in [2.05, 4.69) is 9.97 Å². The van der Waals surface area contributed by atoms with Crippen molar-refractivity contribution in [2.75, 3.05) is 32.5 Å². The van der Waals surface area contributed by atoms with E-state index in [1.165, 1.54) is 12.4 Å². The average Bonchev–Trinajstić information content (AvgIpc) is 2.40. The van der Waals surface area contributed by atoms with Crippen LogP contribution in [0.1, 0.15) is 23.3 Å². The van der Waals surface area contributed by atoms with Gasteiger partial charge in [-0.1, -0.05) is 0 Å². The first-order valence-corrected chi connectivity index (χ1v) is 6.07. The number of aromatic nitrogens is 2. The van der Waals surface area contributed by atoms with Gasteiger partial charge < -0.3 is 15.4 Å². The predicted octanol–water partition coefficient (Wildman–Crippen LogP) is 0.557. The number of rotatable bonds is 3. The van der Waals surface area contributed by atoms with E-state index in [1.807, 2.05) is 0 Å². The second-order valence-corrected chi connectivity index (χ2v) is 4.57. The highest BCUT2D eigenvalue weighted by Gasteiger charge is 2.20. The monoisotopic (exact) mass is 250 g/mol. The van der Waals surface area contributed by atoms with E-state index < -0.39 is 0 Å². The average molecular weight is 250 g/mol. The van der Waals surface area contributed by atoms with Gasteiger partial charge in [0, 0.05) is 26.8 Å². The van der Waals surface area contributed by atoms with Crippen molar-refractivity contribution >= 4 is 11.7 Å². The van der Waals surface area contributed by atoms with E-state index in [4.69, 9.17) is 10.5 Å². The van der Waals surface area contributed by atoms with Crippen molar-refractivity contribution < 1.29 is 9.53 Å². The van der Waals surface area contributed by atoms with Crippen molar-refractivity contribution in [2.45, 2.75) is 12.8 Å². The lowest BCUT2D eigenvalue weighted by Gasteiger charge is -2.26. The summed E-state index contributed by atoms with van der Waals surface area (Å²) in [5.74, 6) is 0.710. The standard InChI is InChI=1S/C12H18N4O2/c1-16(8-9-2-4-18-5-3-9)12(17)10-6-15-11(13)7-14-10/h6-7,9H,2-5,8H2,1H3,(H2,13,15). The number of anilines is 1. The predicted molar refractivity (Wildman–Crippen MR) is 66.9 cm³/mol. The summed E-state index contributed by atoms with van der Waals surface area (Å²) in [4.78, 5) is 21.6. The Bertz CT molecular complexity index is 401. The molecule has 1 saturated heterocycles. The topological polar surface area (TPSA) is 81.3 Å². The third-order valence-electron chi connectivity index (χ3n) is 3.11. The lowest BCUT2D eigenvalue weighted by Crippen LogP contribution is -2.34. The first-order chi connectivity index (χ1) is 8.66. The molecule has 6 nitrogen and oxygen atoms in total. The molecule has 2 rings (SSSR count). The molecule has 0 unspecified atom stereocenters. The Morgan fingerprint density at radius 2 is 2.17 bits per heavy atom. The Hall–Kier alpha value is -1.69. The third kappa shape index (κ3) is 3.16. The molecule has 18 heavy (non-hydrogen) atoms. The molecule has 0 aliphatic carbocycles. The summed E-state index contributed by atoms with van der Waals surface area (Å²) in [5.41, 5.74) is 5.77. The van der Waals surface area contributed by atoms with Gasteiger partial charge in [0.1, 0.15) is 11.5 Å². The van der Waals surface area contributed by atoms with Gasteiger partial charge in [0.05, 0.1) is 12.4 Å². The lowest BCUT2D eigenvalue weighted by molar-refractivity contribution is 0.0495. The largest absolute Gasteiger partial charge is 0.382 e. The van der Waals surface area contributed by atoms with Crippen molar-refractivity contribution in [1.82, 2.24) is 14.9 Å². The van der Waals surface area contributed by atoms with Gasteiger partial charge in [-0.15, -0.1) is 0 Å². The molecule has 1 aromatic heterocycles. The van der Waals surface area contributed by atoms with E-state index in [0.29, 0.717) is 17.4 Å². The summed E-state index contributed by atoms with van der Waals surface area (Å²) >= 11 is 0. The summed E-state index contributed by atoms with van der Waals surface area (Å²) in [6, 6.07) is 0. The van der Waals surface area contributed by atoms with Crippen molar-refractivity contribution in [3.05, 3.63) is 18.1 Å². The number of hydrogen-bond donors (Lipinski definition) is 1. The Kier molecular flexibility index (Phi) is 4.09. The van der Waals surface area contributed by atoms with Crippen LogP contribution in [0.5, 0.6) is 0 Å². The fourth-order valence-electron chi connectivity index (χ4n) is 2.04. The number of nitrogens with two attached hydrogens (primary N) is 1. The Morgan fingerprint density at radius 3 is 2.78 bits per heavy atom.